The molecule has 2 aromatic heterocycles. The van der Waals surface area contributed by atoms with Gasteiger partial charge in [0.25, 0.3) is 11.7 Å². The zero-order valence-corrected chi connectivity index (χ0v) is 20.6. The van der Waals surface area contributed by atoms with E-state index in [9.17, 15) is 9.59 Å². The Kier molecular flexibility index (Phi) is 6.91. The number of rotatable bonds is 9. The Morgan fingerprint density at radius 3 is 2.60 bits per heavy atom. The fourth-order valence-corrected chi connectivity index (χ4v) is 4.46. The Bertz CT molecular complexity index is 1390. The first-order valence-electron chi connectivity index (χ1n) is 11.5. The zero-order valence-electron chi connectivity index (χ0n) is 20.6. The number of hydrogen-bond acceptors (Lipinski definition) is 5. The lowest BCUT2D eigenvalue weighted by molar-refractivity contribution is -0.117. The molecule has 0 aliphatic rings. The van der Waals surface area contributed by atoms with Gasteiger partial charge in [-0.1, -0.05) is 24.3 Å². The molecule has 182 valence electrons. The molecule has 2 N–H and O–H groups in total. The number of aryl methyl sites for hydroxylation is 2. The predicted octanol–water partition coefficient (Wildman–Crippen LogP) is 4.06. The van der Waals surface area contributed by atoms with Crippen molar-refractivity contribution in [3.63, 3.8) is 0 Å². The summed E-state index contributed by atoms with van der Waals surface area (Å²) in [7, 11) is 3.35. The number of benzene rings is 2. The summed E-state index contributed by atoms with van der Waals surface area (Å²) in [5.74, 6) is -0.220. The van der Waals surface area contributed by atoms with E-state index >= 15 is 0 Å². The molecule has 0 aliphatic heterocycles. The zero-order chi connectivity index (χ0) is 25.1. The Hall–Kier alpha value is -4.07. The van der Waals surface area contributed by atoms with E-state index in [0.29, 0.717) is 35.1 Å². The number of carbonyl (C=O) groups is 2. The van der Waals surface area contributed by atoms with E-state index in [0.717, 1.165) is 22.0 Å². The molecule has 35 heavy (non-hydrogen) atoms. The SMILES string of the molecule is CCOc1ccc(C(CNC(=O)C(=O)c2c(C)nn(C)c2C)c2c[nH]c3ccccc23)cc1OC. The van der Waals surface area contributed by atoms with Crippen LogP contribution in [-0.4, -0.2) is 46.7 Å². The second-order valence-corrected chi connectivity index (χ2v) is 8.39. The third-order valence-corrected chi connectivity index (χ3v) is 6.30. The Morgan fingerprint density at radius 2 is 1.91 bits per heavy atom. The number of nitrogens with one attached hydrogen (secondary N) is 2. The van der Waals surface area contributed by atoms with E-state index in [4.69, 9.17) is 9.47 Å². The topological polar surface area (TPSA) is 98.2 Å². The second-order valence-electron chi connectivity index (χ2n) is 8.39. The van der Waals surface area contributed by atoms with E-state index < -0.39 is 11.7 Å². The number of para-hydroxylation sites is 1. The first-order valence-corrected chi connectivity index (χ1v) is 11.5. The third kappa shape index (κ3) is 4.64. The van der Waals surface area contributed by atoms with Gasteiger partial charge in [-0.25, -0.2) is 0 Å². The average Bonchev–Trinajstić information content (AvgIpc) is 3.39. The van der Waals surface area contributed by atoms with Gasteiger partial charge in [0.15, 0.2) is 11.5 Å². The lowest BCUT2D eigenvalue weighted by atomic mass is 9.90. The highest BCUT2D eigenvalue weighted by Gasteiger charge is 2.26. The Balaban J connectivity index is 1.68. The summed E-state index contributed by atoms with van der Waals surface area (Å²) >= 11 is 0. The highest BCUT2D eigenvalue weighted by molar-refractivity contribution is 6.43. The summed E-state index contributed by atoms with van der Waals surface area (Å²) < 4.78 is 12.8. The van der Waals surface area contributed by atoms with Crippen LogP contribution in [0.5, 0.6) is 11.5 Å². The molecular formula is C27H30N4O4. The highest BCUT2D eigenvalue weighted by Crippen LogP contribution is 2.36. The van der Waals surface area contributed by atoms with E-state index in [1.807, 2.05) is 55.6 Å². The summed E-state index contributed by atoms with van der Waals surface area (Å²) in [6.07, 6.45) is 1.95. The van der Waals surface area contributed by atoms with Crippen molar-refractivity contribution < 1.29 is 19.1 Å². The number of amides is 1. The smallest absolute Gasteiger partial charge is 0.292 e. The van der Waals surface area contributed by atoms with Gasteiger partial charge in [-0.15, -0.1) is 0 Å². The van der Waals surface area contributed by atoms with Crippen molar-refractivity contribution in [3.8, 4) is 11.5 Å². The van der Waals surface area contributed by atoms with E-state index in [1.54, 1.807) is 32.7 Å². The summed E-state index contributed by atoms with van der Waals surface area (Å²) in [4.78, 5) is 29.2. The van der Waals surface area contributed by atoms with E-state index in [1.165, 1.54) is 0 Å². The van der Waals surface area contributed by atoms with Gasteiger partial charge in [0.1, 0.15) is 0 Å². The van der Waals surface area contributed by atoms with Gasteiger partial charge < -0.3 is 19.8 Å². The van der Waals surface area contributed by atoms with Crippen LogP contribution in [0.4, 0.5) is 0 Å². The standard InChI is InChI=1S/C27H30N4O4/c1-6-35-23-12-11-18(13-24(23)34-5)20(21-15-28-22-10-8-7-9-19(21)22)14-29-27(33)26(32)25-16(2)30-31(4)17(25)3/h7-13,15,20,28H,6,14H2,1-5H3,(H,29,33). The fourth-order valence-electron chi connectivity index (χ4n) is 4.46. The first-order chi connectivity index (χ1) is 16.8. The molecule has 1 amide bonds. The van der Waals surface area contributed by atoms with Gasteiger partial charge in [-0.3, -0.25) is 14.3 Å². The van der Waals surface area contributed by atoms with Crippen molar-refractivity contribution >= 4 is 22.6 Å². The molecular weight excluding hydrogens is 444 g/mol. The van der Waals surface area contributed by atoms with Crippen molar-refractivity contribution in [1.29, 1.82) is 0 Å². The average molecular weight is 475 g/mol. The molecule has 8 nitrogen and oxygen atoms in total. The molecule has 0 bridgehead atoms. The maximum absolute atomic E-state index is 13.0. The van der Waals surface area contributed by atoms with Crippen LogP contribution in [0.3, 0.4) is 0 Å². The van der Waals surface area contributed by atoms with Crippen molar-refractivity contribution in [1.82, 2.24) is 20.1 Å². The minimum absolute atomic E-state index is 0.224. The number of fused-ring (bicyclic) bond motifs is 1. The third-order valence-electron chi connectivity index (χ3n) is 6.30. The van der Waals surface area contributed by atoms with Gasteiger partial charge >= 0.3 is 0 Å². The van der Waals surface area contributed by atoms with E-state index in [2.05, 4.69) is 15.4 Å². The molecule has 2 heterocycles. The number of ether oxygens (including phenoxy) is 2. The van der Waals surface area contributed by atoms with Crippen LogP contribution in [0.15, 0.2) is 48.7 Å². The summed E-state index contributed by atoms with van der Waals surface area (Å²) in [6, 6.07) is 13.7. The molecule has 1 unspecified atom stereocenters. The second kappa shape index (κ2) is 10.0. The monoisotopic (exact) mass is 474 g/mol. The van der Waals surface area contributed by atoms with Crippen LogP contribution in [-0.2, 0) is 11.8 Å². The Labute approximate surface area is 204 Å². The fraction of sp³-hybridized carbons (Fsp3) is 0.296. The van der Waals surface area contributed by atoms with Crippen molar-refractivity contribution in [3.05, 3.63) is 76.7 Å². The molecule has 0 spiro atoms. The van der Waals surface area contributed by atoms with Crippen LogP contribution < -0.4 is 14.8 Å². The molecule has 8 heteroatoms. The van der Waals surface area contributed by atoms with Crippen LogP contribution >= 0.6 is 0 Å². The number of methoxy groups -OCH3 is 1. The molecule has 0 saturated heterocycles. The van der Waals surface area contributed by atoms with Gasteiger partial charge in [0.2, 0.25) is 0 Å². The van der Waals surface area contributed by atoms with Gasteiger partial charge in [0, 0.05) is 42.3 Å². The number of hydrogen-bond donors (Lipinski definition) is 2. The minimum Gasteiger partial charge on any atom is -0.493 e. The number of H-pyrrole nitrogens is 1. The van der Waals surface area contributed by atoms with Crippen LogP contribution in [0.1, 0.15) is 45.7 Å². The van der Waals surface area contributed by atoms with Gasteiger partial charge in [-0.05, 0) is 50.1 Å². The van der Waals surface area contributed by atoms with Crippen LogP contribution in [0, 0.1) is 13.8 Å². The maximum atomic E-state index is 13.0. The van der Waals surface area contributed by atoms with Gasteiger partial charge in [-0.2, -0.15) is 5.10 Å². The van der Waals surface area contributed by atoms with Crippen LogP contribution in [0.25, 0.3) is 10.9 Å². The first kappa shape index (κ1) is 24.1. The van der Waals surface area contributed by atoms with Gasteiger partial charge in [0.05, 0.1) is 25.0 Å². The molecule has 2 aromatic carbocycles. The van der Waals surface area contributed by atoms with E-state index in [-0.39, 0.29) is 12.5 Å². The largest absolute Gasteiger partial charge is 0.493 e. The van der Waals surface area contributed by atoms with Crippen molar-refractivity contribution in [2.24, 2.45) is 7.05 Å². The van der Waals surface area contributed by atoms with Crippen molar-refractivity contribution in [2.75, 3.05) is 20.3 Å². The summed E-state index contributed by atoms with van der Waals surface area (Å²) in [5, 5.41) is 8.17. The number of Topliss-reactive ketones (excluding diaryl/α,β-unsaturated/α-hetero) is 1. The number of carbonyl (C=O) groups excluding carboxylic acids is 2. The molecule has 4 aromatic rings. The number of ketones is 1. The molecule has 0 fully saturated rings. The highest BCUT2D eigenvalue weighted by atomic mass is 16.5. The lowest BCUT2D eigenvalue weighted by Gasteiger charge is -2.20. The molecule has 0 radical (unpaired) electrons. The Morgan fingerprint density at radius 1 is 1.14 bits per heavy atom. The summed E-state index contributed by atoms with van der Waals surface area (Å²) in [6.45, 7) is 6.17. The minimum atomic E-state index is -0.660. The van der Waals surface area contributed by atoms with Crippen LogP contribution in [0.2, 0.25) is 0 Å². The lowest BCUT2D eigenvalue weighted by Crippen LogP contribution is -2.35. The maximum Gasteiger partial charge on any atom is 0.292 e. The quantitative estimate of drug-likeness (QED) is 0.282. The number of nitrogens with zero attached hydrogens (tertiary/aromatic N) is 2. The number of aromatic amines is 1. The normalized spacial score (nSPS) is 11.9. The van der Waals surface area contributed by atoms with Crippen molar-refractivity contribution in [2.45, 2.75) is 26.7 Å². The summed E-state index contributed by atoms with van der Waals surface area (Å²) in [5.41, 5.74) is 4.47. The molecule has 0 saturated carbocycles. The predicted molar refractivity (Wildman–Crippen MR) is 134 cm³/mol. The molecule has 4 rings (SSSR count). The molecule has 1 atom stereocenters. The molecule has 0 aliphatic carbocycles. The number of aromatic nitrogens is 3.